The monoisotopic (exact) mass is 329 g/mol. The van der Waals surface area contributed by atoms with E-state index in [2.05, 4.69) is 46.9 Å². The van der Waals surface area contributed by atoms with Crippen LogP contribution in [-0.4, -0.2) is 38.9 Å². The van der Waals surface area contributed by atoms with E-state index in [9.17, 15) is 4.79 Å². The van der Waals surface area contributed by atoms with E-state index >= 15 is 0 Å². The van der Waals surface area contributed by atoms with Crippen LogP contribution < -0.4 is 5.32 Å². The molecule has 0 spiro atoms. The Morgan fingerprint density at radius 1 is 0.783 bits per heavy atom. The normalized spacial score (nSPS) is 12.4. The second-order valence-electron chi connectivity index (χ2n) is 8.65. The first-order valence-corrected chi connectivity index (χ1v) is 9.02. The van der Waals surface area contributed by atoms with Gasteiger partial charge in [0.15, 0.2) is 0 Å². The minimum absolute atomic E-state index is 0.129. The van der Waals surface area contributed by atoms with Crippen molar-refractivity contribution in [3.63, 3.8) is 0 Å². The average molecular weight is 330 g/mol. The zero-order chi connectivity index (χ0) is 17.8. The fourth-order valence-electron chi connectivity index (χ4n) is 1.99. The Labute approximate surface area is 143 Å². The highest BCUT2D eigenvalue weighted by atomic mass is 16.5. The summed E-state index contributed by atoms with van der Waals surface area (Å²) in [6.45, 7) is 16.4. The number of unbranched alkanes of at least 4 members (excludes halogenated alkanes) is 1. The molecule has 0 atom stereocenters. The molecular formula is C19H39NO3. The van der Waals surface area contributed by atoms with Gasteiger partial charge in [-0.2, -0.15) is 0 Å². The van der Waals surface area contributed by atoms with Crippen molar-refractivity contribution in [1.82, 2.24) is 5.32 Å². The van der Waals surface area contributed by atoms with E-state index in [4.69, 9.17) is 9.47 Å². The second kappa shape index (κ2) is 11.9. The summed E-state index contributed by atoms with van der Waals surface area (Å²) in [5.41, 5.74) is 0.678. The van der Waals surface area contributed by atoms with Gasteiger partial charge in [-0.05, 0) is 30.1 Å². The average Bonchev–Trinajstić information content (AvgIpc) is 2.39. The lowest BCUT2D eigenvalue weighted by atomic mass is 9.89. The lowest BCUT2D eigenvalue weighted by Crippen LogP contribution is -2.27. The van der Waals surface area contributed by atoms with Crippen LogP contribution in [0.2, 0.25) is 0 Å². The predicted molar refractivity (Wildman–Crippen MR) is 96.6 cm³/mol. The first-order valence-electron chi connectivity index (χ1n) is 9.02. The van der Waals surface area contributed by atoms with Crippen molar-refractivity contribution >= 4 is 5.91 Å². The maximum absolute atomic E-state index is 11.6. The van der Waals surface area contributed by atoms with Crippen LogP contribution in [0.15, 0.2) is 0 Å². The second-order valence-corrected chi connectivity index (χ2v) is 8.65. The molecule has 0 saturated carbocycles. The van der Waals surface area contributed by atoms with Crippen molar-refractivity contribution in [3.8, 4) is 0 Å². The van der Waals surface area contributed by atoms with E-state index < -0.39 is 0 Å². The molecule has 0 aliphatic carbocycles. The molecule has 0 fully saturated rings. The summed E-state index contributed by atoms with van der Waals surface area (Å²) < 4.78 is 11.0. The van der Waals surface area contributed by atoms with Crippen LogP contribution in [0.25, 0.3) is 0 Å². The Kier molecular flexibility index (Phi) is 11.5. The maximum atomic E-state index is 11.6. The van der Waals surface area contributed by atoms with Gasteiger partial charge in [-0.15, -0.1) is 0 Å². The molecule has 0 rings (SSSR count). The van der Waals surface area contributed by atoms with Gasteiger partial charge in [0.25, 0.3) is 0 Å². The Morgan fingerprint density at radius 2 is 1.35 bits per heavy atom. The van der Waals surface area contributed by atoms with Gasteiger partial charge in [-0.3, -0.25) is 4.79 Å². The number of hydrogen-bond donors (Lipinski definition) is 1. The van der Waals surface area contributed by atoms with Gasteiger partial charge >= 0.3 is 0 Å². The molecule has 138 valence electrons. The van der Waals surface area contributed by atoms with E-state index in [-0.39, 0.29) is 5.91 Å². The number of rotatable bonds is 12. The molecule has 1 N–H and O–H groups in total. The van der Waals surface area contributed by atoms with Crippen molar-refractivity contribution in [2.75, 3.05) is 33.0 Å². The topological polar surface area (TPSA) is 47.6 Å². The zero-order valence-electron chi connectivity index (χ0n) is 16.3. The summed E-state index contributed by atoms with van der Waals surface area (Å²) in [5, 5.41) is 2.90. The molecule has 0 aliphatic rings. The van der Waals surface area contributed by atoms with E-state index in [1.807, 2.05) is 0 Å². The standard InChI is InChI=1S/C19H39NO3/c1-18(2,3)10-8-7-9-17(21)20-12-14-23-16-15-22-13-11-19(4,5)6/h7-16H2,1-6H3,(H,20,21). The van der Waals surface area contributed by atoms with Gasteiger partial charge in [-0.1, -0.05) is 48.0 Å². The van der Waals surface area contributed by atoms with Crippen LogP contribution in [0.3, 0.4) is 0 Å². The maximum Gasteiger partial charge on any atom is 0.220 e. The van der Waals surface area contributed by atoms with Crippen LogP contribution in [0.5, 0.6) is 0 Å². The quantitative estimate of drug-likeness (QED) is 0.546. The van der Waals surface area contributed by atoms with Gasteiger partial charge in [0, 0.05) is 19.6 Å². The van der Waals surface area contributed by atoms with E-state index in [1.165, 1.54) is 6.42 Å². The summed E-state index contributed by atoms with van der Waals surface area (Å²) in [6, 6.07) is 0. The first-order chi connectivity index (χ1) is 10.6. The van der Waals surface area contributed by atoms with Crippen molar-refractivity contribution in [3.05, 3.63) is 0 Å². The summed E-state index contributed by atoms with van der Waals surface area (Å²) in [5.74, 6) is 0.129. The Balaban J connectivity index is 3.30. The van der Waals surface area contributed by atoms with Crippen molar-refractivity contribution in [2.45, 2.75) is 73.6 Å². The minimum Gasteiger partial charge on any atom is -0.379 e. The van der Waals surface area contributed by atoms with Crippen molar-refractivity contribution in [1.29, 1.82) is 0 Å². The number of nitrogens with one attached hydrogen (secondary N) is 1. The highest BCUT2D eigenvalue weighted by molar-refractivity contribution is 5.75. The largest absolute Gasteiger partial charge is 0.379 e. The first kappa shape index (κ1) is 22.4. The molecule has 1 amide bonds. The van der Waals surface area contributed by atoms with Gasteiger partial charge in [0.05, 0.1) is 19.8 Å². The Hall–Kier alpha value is -0.610. The minimum atomic E-state index is 0.129. The van der Waals surface area contributed by atoms with Crippen LogP contribution in [0.4, 0.5) is 0 Å². The highest BCUT2D eigenvalue weighted by Gasteiger charge is 2.10. The summed E-state index contributed by atoms with van der Waals surface area (Å²) in [7, 11) is 0. The van der Waals surface area contributed by atoms with Gasteiger partial charge < -0.3 is 14.8 Å². The molecule has 0 heterocycles. The van der Waals surface area contributed by atoms with E-state index in [1.54, 1.807) is 0 Å². The number of carbonyl (C=O) groups excluding carboxylic acids is 1. The molecular weight excluding hydrogens is 290 g/mol. The SMILES string of the molecule is CC(C)(C)CCCCC(=O)NCCOCCOCCC(C)(C)C. The fourth-order valence-corrected chi connectivity index (χ4v) is 1.99. The van der Waals surface area contributed by atoms with Crippen molar-refractivity contribution in [2.24, 2.45) is 10.8 Å². The zero-order valence-corrected chi connectivity index (χ0v) is 16.3. The van der Waals surface area contributed by atoms with Crippen LogP contribution in [0.1, 0.15) is 73.6 Å². The Bertz CT molecular complexity index is 303. The lowest BCUT2D eigenvalue weighted by molar-refractivity contribution is -0.121. The number of carbonyl (C=O) groups is 1. The fraction of sp³-hybridized carbons (Fsp3) is 0.947. The van der Waals surface area contributed by atoms with Crippen LogP contribution in [0, 0.1) is 10.8 Å². The molecule has 0 aromatic rings. The van der Waals surface area contributed by atoms with Gasteiger partial charge in [0.1, 0.15) is 0 Å². The molecule has 0 aromatic carbocycles. The van der Waals surface area contributed by atoms with Gasteiger partial charge in [0.2, 0.25) is 5.91 Å². The molecule has 0 aliphatic heterocycles. The van der Waals surface area contributed by atoms with Gasteiger partial charge in [-0.25, -0.2) is 0 Å². The summed E-state index contributed by atoms with van der Waals surface area (Å²) in [4.78, 5) is 11.6. The van der Waals surface area contributed by atoms with Crippen LogP contribution >= 0.6 is 0 Å². The summed E-state index contributed by atoms with van der Waals surface area (Å²) >= 11 is 0. The van der Waals surface area contributed by atoms with Crippen molar-refractivity contribution < 1.29 is 14.3 Å². The molecule has 4 nitrogen and oxygen atoms in total. The molecule has 4 heteroatoms. The molecule has 0 radical (unpaired) electrons. The smallest absolute Gasteiger partial charge is 0.220 e. The predicted octanol–water partition coefficient (Wildman–Crippen LogP) is 4.18. The third kappa shape index (κ3) is 19.3. The third-order valence-electron chi connectivity index (χ3n) is 3.52. The molecule has 0 bridgehead atoms. The van der Waals surface area contributed by atoms with E-state index in [0.717, 1.165) is 25.9 Å². The third-order valence-corrected chi connectivity index (χ3v) is 3.52. The number of amides is 1. The Morgan fingerprint density at radius 3 is 1.91 bits per heavy atom. The van der Waals surface area contributed by atoms with Crippen LogP contribution in [-0.2, 0) is 14.3 Å². The number of ether oxygens (including phenoxy) is 2. The lowest BCUT2D eigenvalue weighted by Gasteiger charge is -2.17. The number of hydrogen-bond acceptors (Lipinski definition) is 3. The molecule has 0 aromatic heterocycles. The molecule has 0 saturated heterocycles. The highest BCUT2D eigenvalue weighted by Crippen LogP contribution is 2.21. The molecule has 23 heavy (non-hydrogen) atoms. The van der Waals surface area contributed by atoms with E-state index in [0.29, 0.717) is 43.6 Å². The summed E-state index contributed by atoms with van der Waals surface area (Å²) in [6.07, 6.45) is 4.91. The molecule has 0 unspecified atom stereocenters.